The van der Waals surface area contributed by atoms with Crippen molar-refractivity contribution in [2.45, 2.75) is 31.2 Å². The summed E-state index contributed by atoms with van der Waals surface area (Å²) in [5, 5.41) is 12.1. The summed E-state index contributed by atoms with van der Waals surface area (Å²) < 4.78 is 53.9. The third-order valence-electron chi connectivity index (χ3n) is 6.02. The number of fused-ring (bicyclic) bond motifs is 1. The Bertz CT molecular complexity index is 1240. The Kier molecular flexibility index (Phi) is 5.36. The number of carbonyl (C=O) groups excluding carboxylic acids is 1. The van der Waals surface area contributed by atoms with Crippen LogP contribution in [0.4, 0.5) is 18.9 Å². The highest BCUT2D eigenvalue weighted by atomic mass is 19.4. The fourth-order valence-electron chi connectivity index (χ4n) is 4.05. The van der Waals surface area contributed by atoms with Gasteiger partial charge in [0.05, 0.1) is 12.0 Å². The van der Waals surface area contributed by atoms with E-state index in [2.05, 4.69) is 10.1 Å². The Morgan fingerprint density at radius 1 is 1.00 bits per heavy atom. The molecule has 2 N–H and O–H groups in total. The first kappa shape index (κ1) is 22.1. The zero-order valence-corrected chi connectivity index (χ0v) is 17.8. The number of anilines is 1. The predicted molar refractivity (Wildman–Crippen MR) is 117 cm³/mol. The summed E-state index contributed by atoms with van der Waals surface area (Å²) in [6.45, 7) is -0.0589. The van der Waals surface area contributed by atoms with E-state index in [0.29, 0.717) is 41.2 Å². The lowest BCUT2D eigenvalue weighted by molar-refractivity contribution is -0.274. The molecule has 1 aliphatic heterocycles. The molecule has 9 heteroatoms. The minimum atomic E-state index is -4.87. The zero-order chi connectivity index (χ0) is 23.9. The van der Waals surface area contributed by atoms with Crippen LogP contribution in [-0.2, 0) is 16.8 Å². The highest BCUT2D eigenvalue weighted by molar-refractivity contribution is 6.02. The summed E-state index contributed by atoms with van der Waals surface area (Å²) in [5.41, 5.74) is 1.63. The molecular weight excluding hydrogens is 451 g/mol. The Balaban J connectivity index is 1.44. The van der Waals surface area contributed by atoms with Crippen LogP contribution in [0.1, 0.15) is 24.0 Å². The second-order valence-electron chi connectivity index (χ2n) is 8.22. The number of hydrogen-bond donors (Lipinski definition) is 2. The van der Waals surface area contributed by atoms with E-state index < -0.39 is 11.8 Å². The summed E-state index contributed by atoms with van der Waals surface area (Å²) in [7, 11) is 0. The molecule has 1 heterocycles. The van der Waals surface area contributed by atoms with Gasteiger partial charge in [-0.2, -0.15) is 0 Å². The van der Waals surface area contributed by atoms with Gasteiger partial charge >= 0.3 is 6.36 Å². The van der Waals surface area contributed by atoms with Gasteiger partial charge in [0, 0.05) is 11.3 Å². The number of ether oxygens (including phenoxy) is 3. The Hall–Kier alpha value is -3.72. The van der Waals surface area contributed by atoms with Gasteiger partial charge in [0.25, 0.3) is 0 Å². The lowest BCUT2D eigenvalue weighted by Gasteiger charge is -2.18. The smallest absolute Gasteiger partial charge is 0.454 e. The molecule has 6 nitrogen and oxygen atoms in total. The van der Waals surface area contributed by atoms with Crippen molar-refractivity contribution >= 4 is 11.6 Å². The van der Waals surface area contributed by atoms with Gasteiger partial charge in [-0.05, 0) is 59.9 Å². The lowest BCUT2D eigenvalue weighted by Crippen LogP contribution is -2.27. The van der Waals surface area contributed by atoms with Gasteiger partial charge in [0.15, 0.2) is 11.5 Å². The van der Waals surface area contributed by atoms with Crippen molar-refractivity contribution in [3.05, 3.63) is 71.8 Å². The molecule has 0 unspecified atom stereocenters. The Morgan fingerprint density at radius 2 is 1.74 bits per heavy atom. The Morgan fingerprint density at radius 3 is 2.41 bits per heavy atom. The largest absolute Gasteiger partial charge is 0.573 e. The highest BCUT2D eigenvalue weighted by Gasteiger charge is 2.51. The minimum Gasteiger partial charge on any atom is -0.454 e. The molecule has 0 bridgehead atoms. The number of alkyl halides is 3. The number of carbonyl (C=O) groups is 1. The fourth-order valence-corrected chi connectivity index (χ4v) is 4.05. The van der Waals surface area contributed by atoms with Crippen LogP contribution in [0, 0.1) is 0 Å². The third kappa shape index (κ3) is 4.26. The first-order valence-electron chi connectivity index (χ1n) is 10.6. The maximum Gasteiger partial charge on any atom is 0.573 e. The van der Waals surface area contributed by atoms with E-state index in [1.807, 2.05) is 6.07 Å². The minimum absolute atomic E-state index is 0.131. The lowest BCUT2D eigenvalue weighted by atomic mass is 9.94. The van der Waals surface area contributed by atoms with Crippen molar-refractivity contribution in [3.63, 3.8) is 0 Å². The second-order valence-corrected chi connectivity index (χ2v) is 8.22. The monoisotopic (exact) mass is 471 g/mol. The number of amides is 1. The van der Waals surface area contributed by atoms with Crippen LogP contribution >= 0.6 is 0 Å². The average Bonchev–Trinajstić information content (AvgIpc) is 3.50. The number of halogens is 3. The van der Waals surface area contributed by atoms with Gasteiger partial charge in [-0.15, -0.1) is 13.2 Å². The van der Waals surface area contributed by atoms with E-state index in [9.17, 15) is 23.1 Å². The van der Waals surface area contributed by atoms with Gasteiger partial charge < -0.3 is 24.6 Å². The topological polar surface area (TPSA) is 77.0 Å². The molecule has 0 aromatic heterocycles. The van der Waals surface area contributed by atoms with Gasteiger partial charge in [-0.25, -0.2) is 0 Å². The number of rotatable bonds is 6. The molecule has 5 rings (SSSR count). The predicted octanol–water partition coefficient (Wildman–Crippen LogP) is 5.14. The molecule has 0 spiro atoms. The average molecular weight is 471 g/mol. The fraction of sp³-hybridized carbons (Fsp3) is 0.240. The van der Waals surface area contributed by atoms with Gasteiger partial charge in [-0.3, -0.25) is 4.79 Å². The molecule has 3 aromatic carbocycles. The molecule has 0 atom stereocenters. The van der Waals surface area contributed by atoms with Crippen LogP contribution in [0.15, 0.2) is 60.7 Å². The summed E-state index contributed by atoms with van der Waals surface area (Å²) in [6, 6.07) is 15.8. The molecular formula is C25H20F3NO5. The first-order chi connectivity index (χ1) is 16.3. The van der Waals surface area contributed by atoms with Gasteiger partial charge in [-0.1, -0.05) is 30.3 Å². The molecule has 3 aromatic rings. The summed E-state index contributed by atoms with van der Waals surface area (Å²) >= 11 is 0. The van der Waals surface area contributed by atoms with E-state index in [1.54, 1.807) is 36.4 Å². The number of aliphatic hydroxyl groups is 1. The zero-order valence-electron chi connectivity index (χ0n) is 17.8. The quantitative estimate of drug-likeness (QED) is 0.521. The molecule has 1 fully saturated rings. The van der Waals surface area contributed by atoms with Crippen LogP contribution in [0.5, 0.6) is 17.2 Å². The van der Waals surface area contributed by atoms with Crippen molar-refractivity contribution in [1.29, 1.82) is 0 Å². The van der Waals surface area contributed by atoms with Gasteiger partial charge in [0.2, 0.25) is 12.7 Å². The second kappa shape index (κ2) is 8.25. The molecule has 1 aliphatic carbocycles. The number of benzene rings is 3. The summed E-state index contributed by atoms with van der Waals surface area (Å²) in [4.78, 5) is 13.2. The third-order valence-corrected chi connectivity index (χ3v) is 6.02. The van der Waals surface area contributed by atoms with Crippen molar-refractivity contribution in [3.8, 4) is 28.4 Å². The van der Waals surface area contributed by atoms with Gasteiger partial charge in [0.1, 0.15) is 5.75 Å². The highest BCUT2D eigenvalue weighted by Crippen LogP contribution is 2.51. The van der Waals surface area contributed by atoms with Crippen molar-refractivity contribution < 1.29 is 37.3 Å². The van der Waals surface area contributed by atoms with E-state index in [-0.39, 0.29) is 30.6 Å². The van der Waals surface area contributed by atoms with Crippen LogP contribution in [0.2, 0.25) is 0 Å². The first-order valence-corrected chi connectivity index (χ1v) is 10.6. The number of aliphatic hydroxyl groups excluding tert-OH is 1. The number of nitrogens with one attached hydrogen (secondary N) is 1. The van der Waals surface area contributed by atoms with E-state index >= 15 is 0 Å². The normalized spacial score (nSPS) is 15.6. The standard InChI is InChI=1S/C25H20F3NO5/c26-25(27,28)34-20-8-6-18(12-19(20)16-3-1-15(13-30)2-4-16)29-23(31)24(9-10-24)17-5-7-21-22(11-17)33-14-32-21/h1-8,11-12,30H,9-10,13-14H2,(H,29,31). The molecule has 2 aliphatic rings. The van der Waals surface area contributed by atoms with Crippen molar-refractivity contribution in [2.24, 2.45) is 0 Å². The number of hydrogen-bond acceptors (Lipinski definition) is 5. The molecule has 1 amide bonds. The molecule has 0 radical (unpaired) electrons. The molecule has 34 heavy (non-hydrogen) atoms. The molecule has 1 saturated carbocycles. The molecule has 0 saturated heterocycles. The van der Waals surface area contributed by atoms with Crippen LogP contribution in [-0.4, -0.2) is 24.2 Å². The molecule has 176 valence electrons. The summed E-state index contributed by atoms with van der Waals surface area (Å²) in [5.74, 6) is 0.562. The van der Waals surface area contributed by atoms with Crippen LogP contribution in [0.3, 0.4) is 0 Å². The maximum atomic E-state index is 13.2. The van der Waals surface area contributed by atoms with Crippen molar-refractivity contribution in [2.75, 3.05) is 12.1 Å². The summed E-state index contributed by atoms with van der Waals surface area (Å²) in [6.07, 6.45) is -3.59. The van der Waals surface area contributed by atoms with E-state index in [4.69, 9.17) is 9.47 Å². The van der Waals surface area contributed by atoms with Crippen molar-refractivity contribution in [1.82, 2.24) is 0 Å². The van der Waals surface area contributed by atoms with E-state index in [0.717, 1.165) is 5.56 Å². The van der Waals surface area contributed by atoms with E-state index in [1.165, 1.54) is 18.2 Å². The van der Waals surface area contributed by atoms with Crippen LogP contribution < -0.4 is 19.5 Å². The SMILES string of the molecule is O=C(Nc1ccc(OC(F)(F)F)c(-c2ccc(CO)cc2)c1)C1(c2ccc3c(c2)OCO3)CC1. The Labute approximate surface area is 192 Å². The van der Waals surface area contributed by atoms with Crippen LogP contribution in [0.25, 0.3) is 11.1 Å². The maximum absolute atomic E-state index is 13.2.